The van der Waals surface area contributed by atoms with Gasteiger partial charge in [0.05, 0.1) is 5.60 Å². The van der Waals surface area contributed by atoms with Gasteiger partial charge < -0.3 is 14.7 Å². The van der Waals surface area contributed by atoms with Crippen LogP contribution < -0.4 is 4.90 Å². The molecule has 0 aliphatic carbocycles. The van der Waals surface area contributed by atoms with Crippen LogP contribution in [-0.4, -0.2) is 40.9 Å². The van der Waals surface area contributed by atoms with E-state index in [1.54, 1.807) is 7.11 Å². The first-order valence-electron chi connectivity index (χ1n) is 5.81. The van der Waals surface area contributed by atoms with Gasteiger partial charge in [-0.1, -0.05) is 0 Å². The van der Waals surface area contributed by atoms with Crippen molar-refractivity contribution in [3.63, 3.8) is 0 Å². The number of aromatic nitrogens is 2. The molecule has 1 unspecified atom stereocenters. The molecule has 1 aromatic rings. The lowest BCUT2D eigenvalue weighted by atomic mass is 10.1. The molecule has 94 valence electrons. The van der Waals surface area contributed by atoms with E-state index in [4.69, 9.17) is 4.74 Å². The smallest absolute Gasteiger partial charge is 0.156 e. The van der Waals surface area contributed by atoms with E-state index in [2.05, 4.69) is 14.9 Å². The van der Waals surface area contributed by atoms with Crippen LogP contribution in [0.2, 0.25) is 0 Å². The van der Waals surface area contributed by atoms with Crippen LogP contribution in [0.15, 0.2) is 6.07 Å². The lowest BCUT2D eigenvalue weighted by Gasteiger charge is -2.20. The van der Waals surface area contributed by atoms with Gasteiger partial charge in [0.1, 0.15) is 12.4 Å². The molecule has 0 aromatic carbocycles. The summed E-state index contributed by atoms with van der Waals surface area (Å²) in [4.78, 5) is 10.8. The molecule has 2 heterocycles. The summed E-state index contributed by atoms with van der Waals surface area (Å²) in [5, 5.41) is 9.96. The number of β-amino-alcohol motifs (C(OH)–C–C–N with tert-alkyl or cyclic N) is 1. The van der Waals surface area contributed by atoms with Crippen LogP contribution in [-0.2, 0) is 11.3 Å². The molecule has 1 fully saturated rings. The highest BCUT2D eigenvalue weighted by molar-refractivity contribution is 5.41. The van der Waals surface area contributed by atoms with E-state index >= 15 is 0 Å². The molecule has 0 saturated carbocycles. The Bertz CT molecular complexity index is 407. The maximum atomic E-state index is 9.96. The van der Waals surface area contributed by atoms with E-state index in [-0.39, 0.29) is 0 Å². The van der Waals surface area contributed by atoms with Crippen molar-refractivity contribution < 1.29 is 9.84 Å². The second-order valence-electron chi connectivity index (χ2n) is 4.89. The predicted octanol–water partition coefficient (Wildman–Crippen LogP) is 0.893. The van der Waals surface area contributed by atoms with Crippen LogP contribution in [0.1, 0.15) is 24.9 Å². The van der Waals surface area contributed by atoms with Crippen molar-refractivity contribution in [2.24, 2.45) is 0 Å². The third kappa shape index (κ3) is 2.92. The van der Waals surface area contributed by atoms with Gasteiger partial charge in [-0.25, -0.2) is 9.97 Å². The number of hydrogen-bond donors (Lipinski definition) is 1. The molecule has 1 aromatic heterocycles. The molecular formula is C12H19N3O2. The Balaban J connectivity index is 2.21. The minimum Gasteiger partial charge on any atom is -0.388 e. The average molecular weight is 237 g/mol. The van der Waals surface area contributed by atoms with Gasteiger partial charge >= 0.3 is 0 Å². The van der Waals surface area contributed by atoms with Crippen molar-refractivity contribution in [3.05, 3.63) is 17.6 Å². The first-order valence-corrected chi connectivity index (χ1v) is 5.81. The van der Waals surface area contributed by atoms with Crippen LogP contribution in [0.4, 0.5) is 5.82 Å². The maximum absolute atomic E-state index is 9.96. The largest absolute Gasteiger partial charge is 0.388 e. The SMILES string of the molecule is COCc1nc(C)cc(N2CCC(C)(O)C2)n1. The summed E-state index contributed by atoms with van der Waals surface area (Å²) in [6.07, 6.45) is 0.773. The Morgan fingerprint density at radius 2 is 2.29 bits per heavy atom. The van der Waals surface area contributed by atoms with Gasteiger partial charge in [0.2, 0.25) is 0 Å². The summed E-state index contributed by atoms with van der Waals surface area (Å²) < 4.78 is 5.05. The van der Waals surface area contributed by atoms with Gasteiger partial charge in [-0.05, 0) is 20.3 Å². The molecule has 1 aliphatic rings. The van der Waals surface area contributed by atoms with Gasteiger partial charge in [-0.15, -0.1) is 0 Å². The van der Waals surface area contributed by atoms with Gasteiger partial charge in [-0.2, -0.15) is 0 Å². The third-order valence-electron chi connectivity index (χ3n) is 2.94. The summed E-state index contributed by atoms with van der Waals surface area (Å²) in [7, 11) is 1.63. The Morgan fingerprint density at radius 1 is 1.53 bits per heavy atom. The van der Waals surface area contributed by atoms with Crippen molar-refractivity contribution in [2.45, 2.75) is 32.5 Å². The number of ether oxygens (including phenoxy) is 1. The van der Waals surface area contributed by atoms with E-state index in [0.29, 0.717) is 19.0 Å². The topological polar surface area (TPSA) is 58.5 Å². The molecule has 1 atom stereocenters. The normalized spacial score (nSPS) is 24.4. The zero-order valence-corrected chi connectivity index (χ0v) is 10.6. The predicted molar refractivity (Wildman–Crippen MR) is 64.9 cm³/mol. The second kappa shape index (κ2) is 4.58. The number of anilines is 1. The van der Waals surface area contributed by atoms with E-state index in [1.165, 1.54) is 0 Å². The molecular weight excluding hydrogens is 218 g/mol. The third-order valence-corrected chi connectivity index (χ3v) is 2.94. The van der Waals surface area contributed by atoms with Gasteiger partial charge in [0.25, 0.3) is 0 Å². The van der Waals surface area contributed by atoms with Gasteiger partial charge in [0, 0.05) is 32.0 Å². The Labute approximate surface area is 101 Å². The summed E-state index contributed by atoms with van der Waals surface area (Å²) in [6, 6.07) is 1.94. The van der Waals surface area contributed by atoms with Gasteiger partial charge in [0.15, 0.2) is 5.82 Å². The lowest BCUT2D eigenvalue weighted by molar-refractivity contribution is 0.0839. The quantitative estimate of drug-likeness (QED) is 0.846. The van der Waals surface area contributed by atoms with Crippen LogP contribution in [0.3, 0.4) is 0 Å². The Morgan fingerprint density at radius 3 is 2.88 bits per heavy atom. The van der Waals surface area contributed by atoms with Crippen molar-refractivity contribution >= 4 is 5.82 Å². The summed E-state index contributed by atoms with van der Waals surface area (Å²) in [6.45, 7) is 5.67. The molecule has 1 aliphatic heterocycles. The molecule has 1 saturated heterocycles. The Kier molecular flexibility index (Phi) is 3.31. The summed E-state index contributed by atoms with van der Waals surface area (Å²) in [5.74, 6) is 1.57. The molecule has 5 nitrogen and oxygen atoms in total. The summed E-state index contributed by atoms with van der Waals surface area (Å²) in [5.41, 5.74) is 0.314. The van der Waals surface area contributed by atoms with E-state index in [0.717, 1.165) is 24.5 Å². The number of hydrogen-bond acceptors (Lipinski definition) is 5. The number of nitrogens with zero attached hydrogens (tertiary/aromatic N) is 3. The van der Waals surface area contributed by atoms with Crippen molar-refractivity contribution in [1.82, 2.24) is 9.97 Å². The maximum Gasteiger partial charge on any atom is 0.156 e. The second-order valence-corrected chi connectivity index (χ2v) is 4.89. The molecule has 1 N–H and O–H groups in total. The first-order chi connectivity index (χ1) is 8.00. The molecule has 0 bridgehead atoms. The van der Waals surface area contributed by atoms with Crippen LogP contribution in [0, 0.1) is 6.92 Å². The fourth-order valence-electron chi connectivity index (χ4n) is 2.11. The number of aliphatic hydroxyl groups is 1. The molecule has 0 spiro atoms. The fraction of sp³-hybridized carbons (Fsp3) is 0.667. The van der Waals surface area contributed by atoms with Crippen LogP contribution >= 0.6 is 0 Å². The molecule has 0 radical (unpaired) electrons. The summed E-state index contributed by atoms with van der Waals surface area (Å²) >= 11 is 0. The monoisotopic (exact) mass is 237 g/mol. The van der Waals surface area contributed by atoms with Crippen molar-refractivity contribution in [2.75, 3.05) is 25.1 Å². The molecule has 0 amide bonds. The highest BCUT2D eigenvalue weighted by atomic mass is 16.5. The highest BCUT2D eigenvalue weighted by Gasteiger charge is 2.32. The van der Waals surface area contributed by atoms with Crippen LogP contribution in [0.25, 0.3) is 0 Å². The standard InChI is InChI=1S/C12H19N3O2/c1-9-6-11(14-10(13-9)7-17-3)15-5-4-12(2,16)8-15/h6,16H,4-5,7-8H2,1-3H3. The number of methoxy groups -OCH3 is 1. The Hall–Kier alpha value is -1.20. The highest BCUT2D eigenvalue weighted by Crippen LogP contribution is 2.25. The van der Waals surface area contributed by atoms with E-state index < -0.39 is 5.60 Å². The van der Waals surface area contributed by atoms with Gasteiger partial charge in [-0.3, -0.25) is 0 Å². The van der Waals surface area contributed by atoms with Crippen molar-refractivity contribution in [1.29, 1.82) is 0 Å². The lowest BCUT2D eigenvalue weighted by Crippen LogP contribution is -2.30. The minimum atomic E-state index is -0.611. The van der Waals surface area contributed by atoms with E-state index in [9.17, 15) is 5.11 Å². The zero-order valence-electron chi connectivity index (χ0n) is 10.6. The number of rotatable bonds is 3. The zero-order chi connectivity index (χ0) is 12.5. The average Bonchev–Trinajstić information content (AvgIpc) is 2.58. The van der Waals surface area contributed by atoms with Crippen LogP contribution in [0.5, 0.6) is 0 Å². The van der Waals surface area contributed by atoms with E-state index in [1.807, 2.05) is 19.9 Å². The molecule has 17 heavy (non-hydrogen) atoms. The molecule has 2 rings (SSSR count). The minimum absolute atomic E-state index is 0.416. The van der Waals surface area contributed by atoms with Crippen molar-refractivity contribution in [3.8, 4) is 0 Å². The fourth-order valence-corrected chi connectivity index (χ4v) is 2.11. The number of aryl methyl sites for hydroxylation is 1. The molecule has 5 heteroatoms. The first kappa shape index (κ1) is 12.3.